The van der Waals surface area contributed by atoms with Crippen LogP contribution in [0, 0.1) is 17.6 Å². The third-order valence-electron chi connectivity index (χ3n) is 5.35. The van der Waals surface area contributed by atoms with Crippen molar-refractivity contribution < 1.29 is 13.6 Å². The normalized spacial score (nSPS) is 23.7. The predicted molar refractivity (Wildman–Crippen MR) is 97.0 cm³/mol. The van der Waals surface area contributed by atoms with E-state index in [4.69, 9.17) is 0 Å². The lowest BCUT2D eigenvalue weighted by Gasteiger charge is -2.34. The number of carbonyl (C=O) groups is 1. The lowest BCUT2D eigenvalue weighted by atomic mass is 9.93. The van der Waals surface area contributed by atoms with Crippen molar-refractivity contribution in [2.24, 2.45) is 10.9 Å². The van der Waals surface area contributed by atoms with E-state index in [0.29, 0.717) is 18.8 Å². The fraction of sp³-hybridized carbons (Fsp3) is 0.579. The number of amides is 1. The average Bonchev–Trinajstić information content (AvgIpc) is 3.39. The first-order chi connectivity index (χ1) is 12.5. The minimum Gasteiger partial charge on any atom is -0.359 e. The van der Waals surface area contributed by atoms with Crippen molar-refractivity contribution in [1.29, 1.82) is 0 Å². The van der Waals surface area contributed by atoms with Crippen molar-refractivity contribution in [3.63, 3.8) is 0 Å². The van der Waals surface area contributed by atoms with Gasteiger partial charge in [0.1, 0.15) is 11.6 Å². The second-order valence-corrected chi connectivity index (χ2v) is 7.08. The standard InChI is InChI=1S/C19H26F2N4O/c1-22-17(26)10-12-6-8-25(9-7-12)19(23-2)24-16-11-13(16)18-14(20)4-3-5-15(18)21/h3-5,12-13,16H,6-11H2,1-2H3,(H,22,26)(H,23,24). The first-order valence-corrected chi connectivity index (χ1v) is 9.16. The van der Waals surface area contributed by atoms with Crippen molar-refractivity contribution in [2.75, 3.05) is 27.2 Å². The first-order valence-electron chi connectivity index (χ1n) is 9.16. The summed E-state index contributed by atoms with van der Waals surface area (Å²) in [6, 6.07) is 4.00. The molecule has 7 heteroatoms. The number of aliphatic imine (C=N–C) groups is 1. The summed E-state index contributed by atoms with van der Waals surface area (Å²) >= 11 is 0. The highest BCUT2D eigenvalue weighted by Gasteiger charge is 2.43. The van der Waals surface area contributed by atoms with Crippen LogP contribution in [0.15, 0.2) is 23.2 Å². The van der Waals surface area contributed by atoms with Crippen LogP contribution >= 0.6 is 0 Å². The number of nitrogens with zero attached hydrogens (tertiary/aromatic N) is 2. The zero-order valence-corrected chi connectivity index (χ0v) is 15.3. The quantitative estimate of drug-likeness (QED) is 0.636. The number of halogens is 2. The number of nitrogens with one attached hydrogen (secondary N) is 2. The Morgan fingerprint density at radius 1 is 1.27 bits per heavy atom. The van der Waals surface area contributed by atoms with Gasteiger partial charge in [-0.05, 0) is 37.3 Å². The highest BCUT2D eigenvalue weighted by molar-refractivity contribution is 5.81. The van der Waals surface area contributed by atoms with E-state index in [1.54, 1.807) is 14.1 Å². The van der Waals surface area contributed by atoms with Gasteiger partial charge in [-0.15, -0.1) is 0 Å². The summed E-state index contributed by atoms with van der Waals surface area (Å²) in [7, 11) is 3.38. The molecule has 1 aromatic rings. The summed E-state index contributed by atoms with van der Waals surface area (Å²) in [5.41, 5.74) is 0.171. The van der Waals surface area contributed by atoms with Crippen LogP contribution in [0.5, 0.6) is 0 Å². The van der Waals surface area contributed by atoms with E-state index in [1.165, 1.54) is 18.2 Å². The van der Waals surface area contributed by atoms with Crippen LogP contribution in [0.25, 0.3) is 0 Å². The summed E-state index contributed by atoms with van der Waals surface area (Å²) in [6.45, 7) is 1.65. The second kappa shape index (κ2) is 8.01. The van der Waals surface area contributed by atoms with Crippen LogP contribution in [0.2, 0.25) is 0 Å². The Labute approximate surface area is 152 Å². The third-order valence-corrected chi connectivity index (χ3v) is 5.35. The second-order valence-electron chi connectivity index (χ2n) is 7.08. The van der Waals surface area contributed by atoms with Gasteiger partial charge in [0.2, 0.25) is 5.91 Å². The largest absolute Gasteiger partial charge is 0.359 e. The molecule has 1 saturated carbocycles. The molecule has 1 aliphatic carbocycles. The molecule has 1 heterocycles. The number of hydrogen-bond donors (Lipinski definition) is 2. The Kier molecular flexibility index (Phi) is 5.74. The Morgan fingerprint density at radius 3 is 2.50 bits per heavy atom. The lowest BCUT2D eigenvalue weighted by molar-refractivity contribution is -0.121. The summed E-state index contributed by atoms with van der Waals surface area (Å²) in [5.74, 6) is 0.129. The molecular weight excluding hydrogens is 338 g/mol. The Hall–Kier alpha value is -2.18. The van der Waals surface area contributed by atoms with Crippen molar-refractivity contribution in [1.82, 2.24) is 15.5 Å². The van der Waals surface area contributed by atoms with E-state index < -0.39 is 11.6 Å². The molecular formula is C19H26F2N4O. The molecule has 2 atom stereocenters. The monoisotopic (exact) mass is 364 g/mol. The molecule has 2 aliphatic rings. The number of carbonyl (C=O) groups excluding carboxylic acids is 1. The molecule has 1 amide bonds. The van der Waals surface area contributed by atoms with Crippen LogP contribution in [0.4, 0.5) is 8.78 Å². The molecule has 3 rings (SSSR count). The van der Waals surface area contributed by atoms with Crippen LogP contribution in [0.3, 0.4) is 0 Å². The van der Waals surface area contributed by atoms with Crippen molar-refractivity contribution in [3.05, 3.63) is 35.4 Å². The maximum absolute atomic E-state index is 13.9. The van der Waals surface area contributed by atoms with Gasteiger partial charge in [0.15, 0.2) is 5.96 Å². The van der Waals surface area contributed by atoms with Crippen molar-refractivity contribution >= 4 is 11.9 Å². The molecule has 2 unspecified atom stereocenters. The molecule has 0 radical (unpaired) electrons. The van der Waals surface area contributed by atoms with Gasteiger partial charge in [-0.2, -0.15) is 0 Å². The Bertz CT molecular complexity index is 666. The Morgan fingerprint density at radius 2 is 1.92 bits per heavy atom. The molecule has 142 valence electrons. The van der Waals surface area contributed by atoms with E-state index in [-0.39, 0.29) is 23.4 Å². The fourth-order valence-electron chi connectivity index (χ4n) is 3.71. The molecule has 0 aromatic heterocycles. The van der Waals surface area contributed by atoms with E-state index in [0.717, 1.165) is 31.9 Å². The van der Waals surface area contributed by atoms with Gasteiger partial charge < -0.3 is 15.5 Å². The van der Waals surface area contributed by atoms with Gasteiger partial charge in [-0.1, -0.05) is 6.07 Å². The van der Waals surface area contributed by atoms with Gasteiger partial charge in [0.05, 0.1) is 0 Å². The van der Waals surface area contributed by atoms with Gasteiger partial charge in [0.25, 0.3) is 0 Å². The minimum atomic E-state index is -0.482. The molecule has 1 aliphatic heterocycles. The van der Waals surface area contributed by atoms with E-state index >= 15 is 0 Å². The van der Waals surface area contributed by atoms with Crippen LogP contribution in [-0.2, 0) is 4.79 Å². The lowest BCUT2D eigenvalue weighted by Crippen LogP contribution is -2.47. The van der Waals surface area contributed by atoms with Crippen LogP contribution < -0.4 is 10.6 Å². The summed E-state index contributed by atoms with van der Waals surface area (Å²) in [4.78, 5) is 18.0. The summed E-state index contributed by atoms with van der Waals surface area (Å²) in [6.07, 6.45) is 3.13. The van der Waals surface area contributed by atoms with Crippen molar-refractivity contribution in [3.8, 4) is 0 Å². The zero-order valence-electron chi connectivity index (χ0n) is 15.3. The number of rotatable bonds is 4. The third kappa shape index (κ3) is 4.14. The molecule has 1 aromatic carbocycles. The minimum absolute atomic E-state index is 0.00342. The Balaban J connectivity index is 1.53. The smallest absolute Gasteiger partial charge is 0.220 e. The summed E-state index contributed by atoms with van der Waals surface area (Å²) < 4.78 is 27.8. The zero-order chi connectivity index (χ0) is 18.7. The van der Waals surface area contributed by atoms with Gasteiger partial charge in [-0.25, -0.2) is 8.78 Å². The number of hydrogen-bond acceptors (Lipinski definition) is 2. The highest BCUT2D eigenvalue weighted by atomic mass is 19.1. The number of piperidine rings is 1. The molecule has 0 bridgehead atoms. The molecule has 0 spiro atoms. The molecule has 26 heavy (non-hydrogen) atoms. The van der Waals surface area contributed by atoms with Crippen LogP contribution in [-0.4, -0.2) is 50.0 Å². The van der Waals surface area contributed by atoms with E-state index in [1.807, 2.05) is 0 Å². The molecule has 2 fully saturated rings. The average molecular weight is 364 g/mol. The maximum Gasteiger partial charge on any atom is 0.220 e. The first kappa shape index (κ1) is 18.6. The fourth-order valence-corrected chi connectivity index (χ4v) is 3.71. The predicted octanol–water partition coefficient (Wildman–Crippen LogP) is 2.24. The highest BCUT2D eigenvalue weighted by Crippen LogP contribution is 2.43. The summed E-state index contributed by atoms with van der Waals surface area (Å²) in [5, 5.41) is 6.01. The SMILES string of the molecule is CN=C(NC1CC1c1c(F)cccc1F)N1CCC(CC(=O)NC)CC1. The maximum atomic E-state index is 13.9. The van der Waals surface area contributed by atoms with E-state index in [2.05, 4.69) is 20.5 Å². The topological polar surface area (TPSA) is 56.7 Å². The van der Waals surface area contributed by atoms with Crippen molar-refractivity contribution in [2.45, 2.75) is 37.6 Å². The van der Waals surface area contributed by atoms with Crippen LogP contribution in [0.1, 0.15) is 37.2 Å². The number of benzene rings is 1. The molecule has 2 N–H and O–H groups in total. The van der Waals surface area contributed by atoms with Gasteiger partial charge in [0, 0.05) is 51.1 Å². The van der Waals surface area contributed by atoms with Gasteiger partial charge >= 0.3 is 0 Å². The van der Waals surface area contributed by atoms with E-state index in [9.17, 15) is 13.6 Å². The number of guanidine groups is 1. The molecule has 5 nitrogen and oxygen atoms in total. The van der Waals surface area contributed by atoms with Gasteiger partial charge in [-0.3, -0.25) is 9.79 Å². The molecule has 1 saturated heterocycles. The number of likely N-dealkylation sites (tertiary alicyclic amines) is 1.